The fraction of sp³-hybridized carbons (Fsp3) is 0.533. The predicted octanol–water partition coefficient (Wildman–Crippen LogP) is 1.34. The lowest BCUT2D eigenvalue weighted by molar-refractivity contribution is 0.0536. The van der Waals surface area contributed by atoms with E-state index in [9.17, 15) is 4.79 Å². The molecule has 4 nitrogen and oxygen atoms in total. The largest absolute Gasteiger partial charge is 0.381 e. The van der Waals surface area contributed by atoms with Gasteiger partial charge in [0.15, 0.2) is 0 Å². The van der Waals surface area contributed by atoms with Gasteiger partial charge in [0.2, 0.25) is 0 Å². The van der Waals surface area contributed by atoms with Gasteiger partial charge in [-0.3, -0.25) is 4.79 Å². The Morgan fingerprint density at radius 3 is 3.00 bits per heavy atom. The molecule has 104 valence electrons. The van der Waals surface area contributed by atoms with E-state index in [4.69, 9.17) is 10.5 Å². The summed E-state index contributed by atoms with van der Waals surface area (Å²) in [5.74, 6) is 0.439. The third-order valence-electron chi connectivity index (χ3n) is 3.48. The summed E-state index contributed by atoms with van der Waals surface area (Å²) in [4.78, 5) is 12.2. The molecule has 0 bridgehead atoms. The zero-order valence-corrected chi connectivity index (χ0v) is 11.2. The number of hydrogen-bond acceptors (Lipinski definition) is 3. The van der Waals surface area contributed by atoms with Gasteiger partial charge in [-0.25, -0.2) is 0 Å². The lowest BCUT2D eigenvalue weighted by atomic mass is 10.0. The van der Waals surface area contributed by atoms with Crippen molar-refractivity contribution in [2.24, 2.45) is 11.7 Å². The first-order valence-electron chi connectivity index (χ1n) is 6.95. The maximum Gasteiger partial charge on any atom is 0.251 e. The van der Waals surface area contributed by atoms with E-state index in [0.29, 0.717) is 19.0 Å². The molecule has 0 radical (unpaired) electrons. The van der Waals surface area contributed by atoms with E-state index in [0.717, 1.165) is 43.6 Å². The molecule has 19 heavy (non-hydrogen) atoms. The van der Waals surface area contributed by atoms with Gasteiger partial charge >= 0.3 is 0 Å². The smallest absolute Gasteiger partial charge is 0.251 e. The Kier molecular flexibility index (Phi) is 5.36. The molecule has 1 amide bonds. The van der Waals surface area contributed by atoms with E-state index in [1.807, 2.05) is 24.3 Å². The zero-order chi connectivity index (χ0) is 13.5. The highest BCUT2D eigenvalue weighted by Gasteiger charge is 2.16. The first-order chi connectivity index (χ1) is 9.31. The number of nitrogens with two attached hydrogens (primary N) is 1. The number of rotatable bonds is 5. The molecule has 1 aromatic rings. The molecule has 1 aliphatic heterocycles. The molecule has 0 spiro atoms. The van der Waals surface area contributed by atoms with Crippen LogP contribution in [-0.2, 0) is 11.2 Å². The molecule has 1 aromatic carbocycles. The van der Waals surface area contributed by atoms with Crippen LogP contribution < -0.4 is 11.1 Å². The van der Waals surface area contributed by atoms with Gasteiger partial charge in [-0.1, -0.05) is 18.2 Å². The summed E-state index contributed by atoms with van der Waals surface area (Å²) in [6.07, 6.45) is 2.95. The van der Waals surface area contributed by atoms with E-state index in [2.05, 4.69) is 5.32 Å². The molecule has 2 rings (SSSR count). The summed E-state index contributed by atoms with van der Waals surface area (Å²) in [6, 6.07) is 7.65. The summed E-state index contributed by atoms with van der Waals surface area (Å²) < 4.78 is 5.41. The molecule has 3 N–H and O–H groups in total. The number of ether oxygens (including phenoxy) is 1. The van der Waals surface area contributed by atoms with Gasteiger partial charge in [0.25, 0.3) is 5.91 Å². The quantitative estimate of drug-likeness (QED) is 0.841. The summed E-state index contributed by atoms with van der Waals surface area (Å²) in [6.45, 7) is 2.85. The van der Waals surface area contributed by atoms with Crippen LogP contribution in [0.15, 0.2) is 24.3 Å². The number of amides is 1. The zero-order valence-electron chi connectivity index (χ0n) is 11.2. The Balaban J connectivity index is 1.91. The molecular formula is C15H22N2O2. The predicted molar refractivity (Wildman–Crippen MR) is 75.1 cm³/mol. The topological polar surface area (TPSA) is 64.4 Å². The fourth-order valence-corrected chi connectivity index (χ4v) is 2.42. The average Bonchev–Trinajstić information content (AvgIpc) is 2.47. The molecule has 0 aromatic heterocycles. The van der Waals surface area contributed by atoms with Crippen LogP contribution in [0.25, 0.3) is 0 Å². The minimum atomic E-state index is -0.00498. The van der Waals surface area contributed by atoms with Gasteiger partial charge in [0.1, 0.15) is 0 Å². The standard InChI is InChI=1S/C15H22N2O2/c16-8-7-13-5-1-2-6-14(13)15(18)17-10-12-4-3-9-19-11-12/h1-2,5-6,12H,3-4,7-11,16H2,(H,17,18). The monoisotopic (exact) mass is 262 g/mol. The SMILES string of the molecule is NCCc1ccccc1C(=O)NCC1CCCOC1. The Morgan fingerprint density at radius 1 is 1.42 bits per heavy atom. The molecule has 1 fully saturated rings. The second-order valence-corrected chi connectivity index (χ2v) is 4.99. The fourth-order valence-electron chi connectivity index (χ4n) is 2.42. The second kappa shape index (κ2) is 7.26. The Hall–Kier alpha value is -1.39. The van der Waals surface area contributed by atoms with Crippen LogP contribution in [-0.4, -0.2) is 32.2 Å². The normalized spacial score (nSPS) is 19.1. The second-order valence-electron chi connectivity index (χ2n) is 4.99. The van der Waals surface area contributed by atoms with E-state index in [-0.39, 0.29) is 5.91 Å². The van der Waals surface area contributed by atoms with Crippen molar-refractivity contribution in [1.82, 2.24) is 5.32 Å². The van der Waals surface area contributed by atoms with E-state index < -0.39 is 0 Å². The van der Waals surface area contributed by atoms with E-state index in [1.165, 1.54) is 0 Å². The highest BCUT2D eigenvalue weighted by Crippen LogP contribution is 2.13. The van der Waals surface area contributed by atoms with Crippen LogP contribution in [0.2, 0.25) is 0 Å². The van der Waals surface area contributed by atoms with Crippen molar-refractivity contribution in [2.75, 3.05) is 26.3 Å². The molecule has 1 heterocycles. The van der Waals surface area contributed by atoms with Gasteiger partial charge < -0.3 is 15.8 Å². The maximum atomic E-state index is 12.2. The first kappa shape index (κ1) is 14.0. The van der Waals surface area contributed by atoms with Crippen LogP contribution in [0.4, 0.5) is 0 Å². The Morgan fingerprint density at radius 2 is 2.26 bits per heavy atom. The number of carbonyl (C=O) groups is 1. The van der Waals surface area contributed by atoms with Gasteiger partial charge in [-0.2, -0.15) is 0 Å². The molecular weight excluding hydrogens is 240 g/mol. The number of carbonyl (C=O) groups excluding carboxylic acids is 1. The summed E-state index contributed by atoms with van der Waals surface area (Å²) in [7, 11) is 0. The third-order valence-corrected chi connectivity index (χ3v) is 3.48. The Labute approximate surface area is 114 Å². The highest BCUT2D eigenvalue weighted by atomic mass is 16.5. The van der Waals surface area contributed by atoms with Crippen molar-refractivity contribution >= 4 is 5.91 Å². The molecule has 0 aliphatic carbocycles. The van der Waals surface area contributed by atoms with Gasteiger partial charge in [-0.15, -0.1) is 0 Å². The van der Waals surface area contributed by atoms with Crippen molar-refractivity contribution in [3.05, 3.63) is 35.4 Å². The minimum Gasteiger partial charge on any atom is -0.381 e. The van der Waals surface area contributed by atoms with Crippen LogP contribution in [0.5, 0.6) is 0 Å². The lowest BCUT2D eigenvalue weighted by Crippen LogP contribution is -2.33. The minimum absolute atomic E-state index is 0.00498. The summed E-state index contributed by atoms with van der Waals surface area (Å²) >= 11 is 0. The van der Waals surface area contributed by atoms with Crippen LogP contribution in [0.1, 0.15) is 28.8 Å². The molecule has 1 aliphatic rings. The average molecular weight is 262 g/mol. The highest BCUT2D eigenvalue weighted by molar-refractivity contribution is 5.95. The lowest BCUT2D eigenvalue weighted by Gasteiger charge is -2.22. The summed E-state index contributed by atoms with van der Waals surface area (Å²) in [5.41, 5.74) is 7.33. The number of hydrogen-bond donors (Lipinski definition) is 2. The summed E-state index contributed by atoms with van der Waals surface area (Å²) in [5, 5.41) is 3.01. The van der Waals surface area contributed by atoms with Crippen LogP contribution in [0.3, 0.4) is 0 Å². The maximum absolute atomic E-state index is 12.2. The van der Waals surface area contributed by atoms with E-state index in [1.54, 1.807) is 0 Å². The van der Waals surface area contributed by atoms with Gasteiger partial charge in [0.05, 0.1) is 6.61 Å². The molecule has 4 heteroatoms. The molecule has 1 saturated heterocycles. The van der Waals surface area contributed by atoms with Crippen molar-refractivity contribution in [2.45, 2.75) is 19.3 Å². The van der Waals surface area contributed by atoms with Crippen LogP contribution >= 0.6 is 0 Å². The molecule has 0 saturated carbocycles. The molecule has 1 unspecified atom stereocenters. The van der Waals surface area contributed by atoms with Gasteiger partial charge in [-0.05, 0) is 43.4 Å². The number of nitrogens with one attached hydrogen (secondary N) is 1. The van der Waals surface area contributed by atoms with Gasteiger partial charge in [0, 0.05) is 18.7 Å². The molecule has 1 atom stereocenters. The van der Waals surface area contributed by atoms with Crippen molar-refractivity contribution in [1.29, 1.82) is 0 Å². The van der Waals surface area contributed by atoms with Crippen LogP contribution in [0, 0.1) is 5.92 Å². The number of benzene rings is 1. The first-order valence-corrected chi connectivity index (χ1v) is 6.95. The third kappa shape index (κ3) is 4.04. The van der Waals surface area contributed by atoms with Crippen molar-refractivity contribution in [3.8, 4) is 0 Å². The van der Waals surface area contributed by atoms with Crippen molar-refractivity contribution < 1.29 is 9.53 Å². The Bertz CT molecular complexity index is 414. The van der Waals surface area contributed by atoms with E-state index >= 15 is 0 Å². The van der Waals surface area contributed by atoms with Crippen molar-refractivity contribution in [3.63, 3.8) is 0 Å².